The van der Waals surface area contributed by atoms with Crippen LogP contribution in [0, 0.1) is 12.8 Å². The van der Waals surface area contributed by atoms with Crippen molar-refractivity contribution in [3.8, 4) is 0 Å². The number of nitrogens with zero attached hydrogens (tertiary/aromatic N) is 3. The Labute approximate surface area is 164 Å². The van der Waals surface area contributed by atoms with E-state index in [1.54, 1.807) is 4.68 Å². The maximum Gasteiger partial charge on any atom is 0.252 e. The van der Waals surface area contributed by atoms with Gasteiger partial charge < -0.3 is 5.32 Å². The number of amides is 1. The summed E-state index contributed by atoms with van der Waals surface area (Å²) in [6.07, 6.45) is 5.07. The van der Waals surface area contributed by atoms with E-state index in [0.717, 1.165) is 29.6 Å². The lowest BCUT2D eigenvalue weighted by Crippen LogP contribution is -2.34. The van der Waals surface area contributed by atoms with E-state index in [9.17, 15) is 13.2 Å². The van der Waals surface area contributed by atoms with Gasteiger partial charge in [0.15, 0.2) is 15.5 Å². The van der Waals surface area contributed by atoms with Crippen molar-refractivity contribution < 1.29 is 13.2 Å². The third-order valence-corrected chi connectivity index (χ3v) is 8.09. The highest BCUT2D eigenvalue weighted by Gasteiger charge is 2.35. The fourth-order valence-corrected chi connectivity index (χ4v) is 6.01. The number of aryl methyl sites for hydroxylation is 1. The van der Waals surface area contributed by atoms with Crippen molar-refractivity contribution in [2.45, 2.75) is 64.0 Å². The van der Waals surface area contributed by atoms with E-state index >= 15 is 0 Å². The predicted molar refractivity (Wildman–Crippen MR) is 106 cm³/mol. The topological polar surface area (TPSA) is 93.9 Å². The molecule has 0 bridgehead atoms. The number of fused-ring (bicyclic) bond motifs is 1. The van der Waals surface area contributed by atoms with Crippen LogP contribution in [-0.2, 0) is 9.84 Å². The van der Waals surface area contributed by atoms with Gasteiger partial charge in [0.2, 0.25) is 0 Å². The zero-order valence-electron chi connectivity index (χ0n) is 16.3. The molecule has 3 heterocycles. The van der Waals surface area contributed by atoms with Crippen molar-refractivity contribution in [2.24, 2.45) is 5.92 Å². The summed E-state index contributed by atoms with van der Waals surface area (Å²) in [5.41, 5.74) is 2.95. The maximum absolute atomic E-state index is 13.1. The van der Waals surface area contributed by atoms with Crippen molar-refractivity contribution in [1.82, 2.24) is 20.1 Å². The van der Waals surface area contributed by atoms with E-state index in [1.165, 1.54) is 12.8 Å². The van der Waals surface area contributed by atoms with Crippen LogP contribution in [0.15, 0.2) is 6.07 Å². The van der Waals surface area contributed by atoms with Crippen LogP contribution in [0.2, 0.25) is 0 Å². The smallest absolute Gasteiger partial charge is 0.252 e. The van der Waals surface area contributed by atoms with E-state index < -0.39 is 9.84 Å². The molecule has 0 spiro atoms. The number of hydrogen-bond acceptors (Lipinski definition) is 5. The summed E-state index contributed by atoms with van der Waals surface area (Å²) >= 11 is 0. The van der Waals surface area contributed by atoms with Crippen LogP contribution in [0.25, 0.3) is 11.0 Å². The minimum absolute atomic E-state index is 0.0737. The Morgan fingerprint density at radius 1 is 1.25 bits per heavy atom. The molecule has 3 fully saturated rings. The molecule has 2 saturated carbocycles. The van der Waals surface area contributed by atoms with Gasteiger partial charge >= 0.3 is 0 Å². The number of aromatic nitrogens is 3. The molecule has 2 aromatic heterocycles. The molecule has 2 atom stereocenters. The summed E-state index contributed by atoms with van der Waals surface area (Å²) in [5, 5.41) is 8.55. The Morgan fingerprint density at radius 3 is 2.61 bits per heavy atom. The normalized spacial score (nSPS) is 25.1. The summed E-state index contributed by atoms with van der Waals surface area (Å²) in [6.45, 7) is 3.94. The number of hydrogen-bond donors (Lipinski definition) is 1. The molecule has 150 valence electrons. The highest BCUT2D eigenvalue weighted by molar-refractivity contribution is 7.91. The second-order valence-electron chi connectivity index (χ2n) is 8.75. The molecule has 8 heteroatoms. The zero-order valence-corrected chi connectivity index (χ0v) is 17.1. The lowest BCUT2D eigenvalue weighted by atomic mass is 10.1. The number of pyridine rings is 1. The second kappa shape index (κ2) is 6.27. The highest BCUT2D eigenvalue weighted by Crippen LogP contribution is 2.41. The van der Waals surface area contributed by atoms with Gasteiger partial charge in [-0.25, -0.2) is 18.1 Å². The van der Waals surface area contributed by atoms with E-state index in [0.29, 0.717) is 29.5 Å². The maximum atomic E-state index is 13.1. The molecule has 2 aliphatic carbocycles. The molecule has 1 aliphatic heterocycles. The van der Waals surface area contributed by atoms with Crippen LogP contribution < -0.4 is 5.32 Å². The van der Waals surface area contributed by atoms with Crippen molar-refractivity contribution in [3.05, 3.63) is 23.0 Å². The van der Waals surface area contributed by atoms with Crippen LogP contribution in [0.3, 0.4) is 0 Å². The molecule has 1 amide bonds. The first-order valence-electron chi connectivity index (χ1n) is 10.2. The number of sulfone groups is 1. The molecule has 2 aromatic rings. The average Bonchev–Trinajstić information content (AvgIpc) is 3.55. The van der Waals surface area contributed by atoms with Gasteiger partial charge in [-0.05, 0) is 57.9 Å². The van der Waals surface area contributed by atoms with Gasteiger partial charge in [0.1, 0.15) is 0 Å². The Hall–Kier alpha value is -1.96. The predicted octanol–water partition coefficient (Wildman–Crippen LogP) is 2.51. The average molecular weight is 403 g/mol. The molecule has 0 radical (unpaired) electrons. The molecule has 5 rings (SSSR count). The van der Waals surface area contributed by atoms with Crippen LogP contribution in [0.4, 0.5) is 0 Å². The van der Waals surface area contributed by atoms with E-state index in [1.807, 2.05) is 13.0 Å². The Balaban J connectivity index is 1.60. The number of carbonyl (C=O) groups is 1. The molecule has 1 saturated heterocycles. The molecule has 3 aliphatic rings. The van der Waals surface area contributed by atoms with Crippen LogP contribution in [0.1, 0.15) is 72.7 Å². The van der Waals surface area contributed by atoms with Crippen LogP contribution in [0.5, 0.6) is 0 Å². The molecular weight excluding hydrogens is 376 g/mol. The van der Waals surface area contributed by atoms with Gasteiger partial charge in [0.05, 0.1) is 34.2 Å². The van der Waals surface area contributed by atoms with Gasteiger partial charge in [-0.15, -0.1) is 0 Å². The fraction of sp³-hybridized carbons (Fsp3) is 0.650. The first-order valence-corrected chi connectivity index (χ1v) is 12.1. The van der Waals surface area contributed by atoms with Crippen molar-refractivity contribution in [2.75, 3.05) is 11.5 Å². The van der Waals surface area contributed by atoms with Crippen molar-refractivity contribution in [1.29, 1.82) is 0 Å². The molecule has 0 unspecified atom stereocenters. The largest absolute Gasteiger partial charge is 0.349 e. The SMILES string of the molecule is Cc1nn([C@H]2CCS(=O)(=O)C2)c2nc(C3CC3)cc(C(=O)N[C@H](C)C3CC3)c12. The summed E-state index contributed by atoms with van der Waals surface area (Å²) < 4.78 is 25.7. The molecule has 1 N–H and O–H groups in total. The first kappa shape index (κ1) is 18.1. The third kappa shape index (κ3) is 3.21. The lowest BCUT2D eigenvalue weighted by molar-refractivity contribution is 0.0937. The van der Waals surface area contributed by atoms with Gasteiger partial charge in [-0.1, -0.05) is 0 Å². The third-order valence-electron chi connectivity index (χ3n) is 6.34. The van der Waals surface area contributed by atoms with Gasteiger partial charge in [-0.2, -0.15) is 5.10 Å². The molecule has 28 heavy (non-hydrogen) atoms. The summed E-state index contributed by atoms with van der Waals surface area (Å²) in [6, 6.07) is 1.89. The standard InChI is InChI=1S/C20H26N4O3S/c1-11(13-3-4-13)21-20(25)16-9-17(14-5-6-14)22-19-18(16)12(2)23-24(19)15-7-8-28(26,27)10-15/h9,11,13-15H,3-8,10H2,1-2H3,(H,21,25)/t11-,15+/m1/s1. The van der Waals surface area contributed by atoms with E-state index in [-0.39, 0.29) is 29.5 Å². The highest BCUT2D eigenvalue weighted by atomic mass is 32.2. The fourth-order valence-electron chi connectivity index (χ4n) is 4.32. The minimum atomic E-state index is -3.03. The Kier molecular flexibility index (Phi) is 4.05. The quantitative estimate of drug-likeness (QED) is 0.829. The zero-order chi connectivity index (χ0) is 19.6. The number of nitrogens with one attached hydrogen (secondary N) is 1. The summed E-state index contributed by atoms with van der Waals surface area (Å²) in [4.78, 5) is 18.0. The number of carbonyl (C=O) groups excluding carboxylic acids is 1. The van der Waals surface area contributed by atoms with E-state index in [2.05, 4.69) is 17.3 Å². The van der Waals surface area contributed by atoms with Crippen LogP contribution in [-0.4, -0.2) is 46.6 Å². The first-order chi connectivity index (χ1) is 13.3. The summed E-state index contributed by atoms with van der Waals surface area (Å²) in [7, 11) is -3.03. The van der Waals surface area contributed by atoms with Crippen molar-refractivity contribution in [3.63, 3.8) is 0 Å². The lowest BCUT2D eigenvalue weighted by Gasteiger charge is -2.15. The van der Waals surface area contributed by atoms with Crippen molar-refractivity contribution >= 4 is 26.8 Å². The van der Waals surface area contributed by atoms with Gasteiger partial charge in [0.25, 0.3) is 5.91 Å². The molecule has 0 aromatic carbocycles. The molecule has 7 nitrogen and oxygen atoms in total. The number of rotatable bonds is 5. The minimum Gasteiger partial charge on any atom is -0.349 e. The molecular formula is C20H26N4O3S. The summed E-state index contributed by atoms with van der Waals surface area (Å²) in [5.74, 6) is 1.19. The van der Waals surface area contributed by atoms with Gasteiger partial charge in [0, 0.05) is 17.7 Å². The Morgan fingerprint density at radius 2 is 2.00 bits per heavy atom. The Bertz CT molecular complexity index is 1070. The van der Waals surface area contributed by atoms with Crippen LogP contribution >= 0.6 is 0 Å². The second-order valence-corrected chi connectivity index (χ2v) is 11.0. The monoisotopic (exact) mass is 402 g/mol. The van der Waals surface area contributed by atoms with E-state index in [4.69, 9.17) is 4.98 Å². The van der Waals surface area contributed by atoms with Gasteiger partial charge in [-0.3, -0.25) is 4.79 Å².